The highest BCUT2D eigenvalue weighted by Gasteiger charge is 2.27. The lowest BCUT2D eigenvalue weighted by molar-refractivity contribution is -0.121. The molecule has 1 fully saturated rings. The van der Waals surface area contributed by atoms with Gasteiger partial charge in [0.2, 0.25) is 6.41 Å². The Bertz CT molecular complexity index is 846. The third kappa shape index (κ3) is 2.81. The Morgan fingerprint density at radius 3 is 2.71 bits per heavy atom. The molecule has 0 radical (unpaired) electrons. The first-order valence-corrected chi connectivity index (χ1v) is 8.94. The summed E-state index contributed by atoms with van der Waals surface area (Å²) < 4.78 is 0. The fourth-order valence-electron chi connectivity index (χ4n) is 3.20. The predicted molar refractivity (Wildman–Crippen MR) is 97.2 cm³/mol. The van der Waals surface area contributed by atoms with E-state index in [1.165, 1.54) is 15.2 Å². The van der Waals surface area contributed by atoms with E-state index in [9.17, 15) is 4.79 Å². The summed E-state index contributed by atoms with van der Waals surface area (Å²) in [4.78, 5) is 19.4. The van der Waals surface area contributed by atoms with Crippen LogP contribution >= 0.6 is 11.8 Å². The van der Waals surface area contributed by atoms with Crippen LogP contribution in [0.3, 0.4) is 0 Å². The van der Waals surface area contributed by atoms with Gasteiger partial charge in [0, 0.05) is 40.3 Å². The highest BCUT2D eigenvalue weighted by molar-refractivity contribution is 7.99. The number of carbonyl (C=O) groups excluding carboxylic acids is 1. The van der Waals surface area contributed by atoms with Gasteiger partial charge in [0.15, 0.2) is 0 Å². The van der Waals surface area contributed by atoms with E-state index in [-0.39, 0.29) is 6.04 Å². The molecule has 0 aliphatic carbocycles. The number of hydrogen-bond donors (Lipinski definition) is 2. The van der Waals surface area contributed by atoms with E-state index in [0.717, 1.165) is 37.3 Å². The SMILES string of the molecule is O=CN1CCNCC1c1[nH]c2ccccc2c1Sc1ccccc1. The van der Waals surface area contributed by atoms with Crippen LogP contribution < -0.4 is 5.32 Å². The highest BCUT2D eigenvalue weighted by atomic mass is 32.2. The maximum Gasteiger partial charge on any atom is 0.210 e. The van der Waals surface area contributed by atoms with Gasteiger partial charge in [-0.3, -0.25) is 4.79 Å². The second-order valence-corrected chi connectivity index (χ2v) is 6.98. The van der Waals surface area contributed by atoms with Gasteiger partial charge in [-0.2, -0.15) is 0 Å². The minimum Gasteiger partial charge on any atom is -0.356 e. The number of para-hydroxylation sites is 1. The molecule has 0 bridgehead atoms. The zero-order chi connectivity index (χ0) is 16.4. The molecule has 4 nitrogen and oxygen atoms in total. The quantitative estimate of drug-likeness (QED) is 0.717. The molecular weight excluding hydrogens is 318 g/mol. The molecular formula is C19H19N3OS. The molecule has 5 heteroatoms. The number of carbonyl (C=O) groups is 1. The van der Waals surface area contributed by atoms with E-state index in [1.54, 1.807) is 11.8 Å². The minimum absolute atomic E-state index is 0.0369. The lowest BCUT2D eigenvalue weighted by atomic mass is 10.1. The number of benzene rings is 2. The average molecular weight is 337 g/mol. The molecule has 24 heavy (non-hydrogen) atoms. The van der Waals surface area contributed by atoms with Crippen molar-refractivity contribution in [1.82, 2.24) is 15.2 Å². The Labute approximate surface area is 145 Å². The monoisotopic (exact) mass is 337 g/mol. The van der Waals surface area contributed by atoms with Crippen LogP contribution in [0.4, 0.5) is 0 Å². The van der Waals surface area contributed by atoms with Crippen molar-refractivity contribution in [2.45, 2.75) is 15.8 Å². The first-order valence-electron chi connectivity index (χ1n) is 8.12. The van der Waals surface area contributed by atoms with Crippen molar-refractivity contribution in [3.63, 3.8) is 0 Å². The molecule has 1 aliphatic rings. The van der Waals surface area contributed by atoms with Gasteiger partial charge >= 0.3 is 0 Å². The second-order valence-electron chi connectivity index (χ2n) is 5.89. The Hall–Kier alpha value is -2.24. The van der Waals surface area contributed by atoms with E-state index in [0.29, 0.717) is 0 Å². The molecule has 1 saturated heterocycles. The van der Waals surface area contributed by atoms with Crippen LogP contribution in [0.2, 0.25) is 0 Å². The van der Waals surface area contributed by atoms with Crippen molar-refractivity contribution in [1.29, 1.82) is 0 Å². The van der Waals surface area contributed by atoms with Gasteiger partial charge in [0.1, 0.15) is 0 Å². The normalized spacial score (nSPS) is 18.0. The fourth-order valence-corrected chi connectivity index (χ4v) is 4.32. The number of aromatic nitrogens is 1. The molecule has 1 aliphatic heterocycles. The molecule has 3 aromatic rings. The van der Waals surface area contributed by atoms with Gasteiger partial charge in [0.05, 0.1) is 11.7 Å². The van der Waals surface area contributed by atoms with E-state index >= 15 is 0 Å². The highest BCUT2D eigenvalue weighted by Crippen LogP contribution is 2.40. The second kappa shape index (κ2) is 6.71. The van der Waals surface area contributed by atoms with Crippen LogP contribution in [-0.2, 0) is 4.79 Å². The first kappa shape index (κ1) is 15.3. The Morgan fingerprint density at radius 1 is 1.08 bits per heavy atom. The van der Waals surface area contributed by atoms with E-state index < -0.39 is 0 Å². The van der Waals surface area contributed by atoms with Gasteiger partial charge < -0.3 is 15.2 Å². The summed E-state index contributed by atoms with van der Waals surface area (Å²) in [6.45, 7) is 2.35. The van der Waals surface area contributed by atoms with Crippen LogP contribution in [0.1, 0.15) is 11.7 Å². The number of nitrogens with zero attached hydrogens (tertiary/aromatic N) is 1. The fraction of sp³-hybridized carbons (Fsp3) is 0.211. The summed E-state index contributed by atoms with van der Waals surface area (Å²) >= 11 is 1.75. The molecule has 2 aromatic carbocycles. The summed E-state index contributed by atoms with van der Waals surface area (Å²) in [7, 11) is 0. The zero-order valence-corrected chi connectivity index (χ0v) is 14.1. The van der Waals surface area contributed by atoms with Crippen molar-refractivity contribution >= 4 is 29.1 Å². The molecule has 0 saturated carbocycles. The Balaban J connectivity index is 1.82. The lowest BCUT2D eigenvalue weighted by Gasteiger charge is -2.33. The number of piperazine rings is 1. The van der Waals surface area contributed by atoms with Crippen LogP contribution in [0.5, 0.6) is 0 Å². The molecule has 1 atom stereocenters. The van der Waals surface area contributed by atoms with Crippen LogP contribution in [-0.4, -0.2) is 35.9 Å². The molecule has 2 N–H and O–H groups in total. The van der Waals surface area contributed by atoms with Crippen molar-refractivity contribution in [3.05, 3.63) is 60.3 Å². The standard InChI is InChI=1S/C19H19N3OS/c23-13-22-11-10-20-12-17(22)18-19(24-14-6-2-1-3-7-14)15-8-4-5-9-16(15)21-18/h1-9,13,17,20-21H,10-12H2. The van der Waals surface area contributed by atoms with E-state index in [4.69, 9.17) is 0 Å². The van der Waals surface area contributed by atoms with E-state index in [2.05, 4.69) is 52.8 Å². The average Bonchev–Trinajstić information content (AvgIpc) is 3.01. The lowest BCUT2D eigenvalue weighted by Crippen LogP contribution is -2.45. The number of H-pyrrole nitrogens is 1. The molecule has 1 unspecified atom stereocenters. The maximum atomic E-state index is 11.5. The summed E-state index contributed by atoms with van der Waals surface area (Å²) in [6.07, 6.45) is 0.966. The zero-order valence-electron chi connectivity index (χ0n) is 13.2. The molecule has 1 amide bonds. The van der Waals surface area contributed by atoms with Crippen molar-refractivity contribution in [2.24, 2.45) is 0 Å². The molecule has 0 spiro atoms. The summed E-state index contributed by atoms with van der Waals surface area (Å²) in [6, 6.07) is 18.7. The number of hydrogen-bond acceptors (Lipinski definition) is 3. The topological polar surface area (TPSA) is 48.1 Å². The number of aromatic amines is 1. The maximum absolute atomic E-state index is 11.5. The molecule has 4 rings (SSSR count). The third-order valence-corrected chi connectivity index (χ3v) is 5.55. The van der Waals surface area contributed by atoms with Gasteiger partial charge in [-0.05, 0) is 18.2 Å². The molecule has 2 heterocycles. The predicted octanol–water partition coefficient (Wildman–Crippen LogP) is 3.42. The van der Waals surface area contributed by atoms with E-state index in [1.807, 2.05) is 17.0 Å². The summed E-state index contributed by atoms with van der Waals surface area (Å²) in [5.41, 5.74) is 2.23. The van der Waals surface area contributed by atoms with Gasteiger partial charge in [0.25, 0.3) is 0 Å². The molecule has 122 valence electrons. The van der Waals surface area contributed by atoms with Crippen LogP contribution in [0.15, 0.2) is 64.4 Å². The molecule has 1 aromatic heterocycles. The summed E-state index contributed by atoms with van der Waals surface area (Å²) in [5, 5.41) is 4.61. The number of fused-ring (bicyclic) bond motifs is 1. The third-order valence-electron chi connectivity index (χ3n) is 4.40. The number of amides is 1. The van der Waals surface area contributed by atoms with Crippen molar-refractivity contribution in [3.8, 4) is 0 Å². The Kier molecular flexibility index (Phi) is 4.28. The number of rotatable bonds is 4. The number of nitrogens with one attached hydrogen (secondary N) is 2. The van der Waals surface area contributed by atoms with Crippen molar-refractivity contribution < 1.29 is 4.79 Å². The first-order chi connectivity index (χ1) is 11.9. The Morgan fingerprint density at radius 2 is 1.88 bits per heavy atom. The van der Waals surface area contributed by atoms with Gasteiger partial charge in [-0.1, -0.05) is 48.2 Å². The van der Waals surface area contributed by atoms with Crippen molar-refractivity contribution in [2.75, 3.05) is 19.6 Å². The smallest absolute Gasteiger partial charge is 0.210 e. The largest absolute Gasteiger partial charge is 0.356 e. The van der Waals surface area contributed by atoms with Crippen LogP contribution in [0.25, 0.3) is 10.9 Å². The van der Waals surface area contributed by atoms with Gasteiger partial charge in [-0.25, -0.2) is 0 Å². The minimum atomic E-state index is 0.0369. The van der Waals surface area contributed by atoms with Gasteiger partial charge in [-0.15, -0.1) is 0 Å². The summed E-state index contributed by atoms with van der Waals surface area (Å²) in [5.74, 6) is 0. The van der Waals surface area contributed by atoms with Crippen LogP contribution in [0, 0.1) is 0 Å².